The highest BCUT2D eigenvalue weighted by Gasteiger charge is 2.22. The van der Waals surface area contributed by atoms with Crippen LogP contribution in [0.5, 0.6) is 0 Å². The molecule has 3 aromatic rings. The van der Waals surface area contributed by atoms with Crippen molar-refractivity contribution in [3.05, 3.63) is 65.9 Å². The maximum atomic E-state index is 12.7. The highest BCUT2D eigenvalue weighted by Crippen LogP contribution is 2.37. The summed E-state index contributed by atoms with van der Waals surface area (Å²) < 4.78 is 0. The lowest BCUT2D eigenvalue weighted by atomic mass is 9.92. The number of carbonyl (C=O) groups is 1. The number of dihydropyridines is 1. The van der Waals surface area contributed by atoms with Gasteiger partial charge in [0.2, 0.25) is 0 Å². The average molecular weight is 369 g/mol. The molecule has 4 nitrogen and oxygen atoms in total. The van der Waals surface area contributed by atoms with Crippen molar-refractivity contribution < 1.29 is 4.79 Å². The summed E-state index contributed by atoms with van der Waals surface area (Å²) in [6.45, 7) is 0.682. The van der Waals surface area contributed by atoms with Gasteiger partial charge in [0.05, 0.1) is 12.2 Å². The van der Waals surface area contributed by atoms with E-state index in [1.54, 1.807) is 0 Å². The number of nitrogens with one attached hydrogen (secondary N) is 2. The minimum Gasteiger partial charge on any atom is -0.354 e. The predicted octanol–water partition coefficient (Wildman–Crippen LogP) is 4.98. The molecule has 1 saturated carbocycles. The normalized spacial score (nSPS) is 16.6. The van der Waals surface area contributed by atoms with Crippen LogP contribution in [0.2, 0.25) is 0 Å². The highest BCUT2D eigenvalue weighted by molar-refractivity contribution is 6.06. The smallest absolute Gasteiger partial charge is 0.251 e. The Kier molecular flexibility index (Phi) is 4.32. The SMILES string of the molecule is O=C(NC1CCC1)c1ccc2[nH]c(C3=CCC=NC3)c(-c3ccccc3)c2c1. The van der Waals surface area contributed by atoms with E-state index in [0.29, 0.717) is 12.6 Å². The Bertz CT molecular complexity index is 1090. The second kappa shape index (κ2) is 7.12. The number of carbonyl (C=O) groups excluding carboxylic acids is 1. The molecule has 1 aliphatic carbocycles. The van der Waals surface area contributed by atoms with Gasteiger partial charge in [-0.25, -0.2) is 0 Å². The van der Waals surface area contributed by atoms with Crippen molar-refractivity contribution in [3.8, 4) is 11.1 Å². The van der Waals surface area contributed by atoms with Crippen LogP contribution in [-0.2, 0) is 0 Å². The number of nitrogens with zero attached hydrogens (tertiary/aromatic N) is 1. The molecule has 0 bridgehead atoms. The summed E-state index contributed by atoms with van der Waals surface area (Å²) in [5, 5.41) is 4.23. The third-order valence-electron chi connectivity index (χ3n) is 5.75. The van der Waals surface area contributed by atoms with Gasteiger partial charge < -0.3 is 10.3 Å². The lowest BCUT2D eigenvalue weighted by Crippen LogP contribution is -2.39. The molecule has 0 atom stereocenters. The topological polar surface area (TPSA) is 57.2 Å². The number of aromatic amines is 1. The molecule has 2 aromatic carbocycles. The van der Waals surface area contributed by atoms with Crippen molar-refractivity contribution in [2.24, 2.45) is 4.99 Å². The molecular weight excluding hydrogens is 346 g/mol. The first-order chi connectivity index (χ1) is 13.8. The lowest BCUT2D eigenvalue weighted by molar-refractivity contribution is 0.0917. The van der Waals surface area contributed by atoms with Crippen LogP contribution in [0.4, 0.5) is 0 Å². The molecule has 0 saturated heterocycles. The Hall–Kier alpha value is -3.14. The molecule has 1 aliphatic heterocycles. The van der Waals surface area contributed by atoms with E-state index >= 15 is 0 Å². The van der Waals surface area contributed by atoms with Gasteiger partial charge in [-0.3, -0.25) is 9.79 Å². The standard InChI is InChI=1S/C24H23N3O/c28-24(26-19-9-4-10-19)17-11-12-21-20(14-17)22(16-6-2-1-3-7-16)23(27-21)18-8-5-13-25-15-18/h1-3,6-8,11-14,19,27H,4-5,9-10,15H2,(H,26,28). The first-order valence-corrected chi connectivity index (χ1v) is 9.99. The van der Waals surface area contributed by atoms with E-state index < -0.39 is 0 Å². The molecule has 28 heavy (non-hydrogen) atoms. The average Bonchev–Trinajstić information content (AvgIpc) is 3.10. The van der Waals surface area contributed by atoms with Gasteiger partial charge in [-0.05, 0) is 48.6 Å². The number of aliphatic imine (C=N–C) groups is 1. The van der Waals surface area contributed by atoms with Gasteiger partial charge in [-0.15, -0.1) is 0 Å². The molecule has 0 unspecified atom stereocenters. The molecule has 0 spiro atoms. The molecule has 5 rings (SSSR count). The van der Waals surface area contributed by atoms with Gasteiger partial charge in [0.25, 0.3) is 5.91 Å². The van der Waals surface area contributed by atoms with Crippen LogP contribution in [0.3, 0.4) is 0 Å². The quantitative estimate of drug-likeness (QED) is 0.670. The van der Waals surface area contributed by atoms with Crippen LogP contribution in [0, 0.1) is 0 Å². The summed E-state index contributed by atoms with van der Waals surface area (Å²) in [6, 6.07) is 16.7. The Balaban J connectivity index is 1.63. The third kappa shape index (κ3) is 3.05. The fourth-order valence-electron chi connectivity index (χ4n) is 3.98. The number of allylic oxidation sites excluding steroid dienone is 1. The highest BCUT2D eigenvalue weighted by atomic mass is 16.1. The Morgan fingerprint density at radius 2 is 1.96 bits per heavy atom. The number of fused-ring (bicyclic) bond motifs is 1. The first kappa shape index (κ1) is 17.0. The molecule has 2 N–H and O–H groups in total. The lowest BCUT2D eigenvalue weighted by Gasteiger charge is -2.26. The molecule has 0 radical (unpaired) electrons. The van der Waals surface area contributed by atoms with Crippen LogP contribution in [0.1, 0.15) is 41.7 Å². The van der Waals surface area contributed by atoms with Gasteiger partial charge in [0.15, 0.2) is 0 Å². The number of H-pyrrole nitrogens is 1. The second-order valence-corrected chi connectivity index (χ2v) is 7.59. The van der Waals surface area contributed by atoms with Crippen molar-refractivity contribution in [3.63, 3.8) is 0 Å². The maximum absolute atomic E-state index is 12.7. The summed E-state index contributed by atoms with van der Waals surface area (Å²) in [5.74, 6) is 0.0230. The van der Waals surface area contributed by atoms with E-state index in [4.69, 9.17) is 0 Å². The Morgan fingerprint density at radius 1 is 1.11 bits per heavy atom. The van der Waals surface area contributed by atoms with Gasteiger partial charge in [-0.2, -0.15) is 0 Å². The zero-order valence-corrected chi connectivity index (χ0v) is 15.7. The minimum absolute atomic E-state index is 0.0230. The number of rotatable bonds is 4. The van der Waals surface area contributed by atoms with Crippen molar-refractivity contribution in [1.29, 1.82) is 0 Å². The van der Waals surface area contributed by atoms with Crippen molar-refractivity contribution in [2.45, 2.75) is 31.7 Å². The van der Waals surface area contributed by atoms with E-state index in [1.807, 2.05) is 30.5 Å². The van der Waals surface area contributed by atoms with E-state index in [9.17, 15) is 4.79 Å². The molecule has 2 aliphatic rings. The van der Waals surface area contributed by atoms with Gasteiger partial charge >= 0.3 is 0 Å². The summed E-state index contributed by atoms with van der Waals surface area (Å²) >= 11 is 0. The summed E-state index contributed by atoms with van der Waals surface area (Å²) in [5.41, 5.74) is 6.38. The van der Waals surface area contributed by atoms with E-state index in [0.717, 1.165) is 52.5 Å². The molecule has 1 aromatic heterocycles. The molecule has 1 fully saturated rings. The molecule has 1 amide bonds. The predicted molar refractivity (Wildman–Crippen MR) is 115 cm³/mol. The second-order valence-electron chi connectivity index (χ2n) is 7.59. The monoisotopic (exact) mass is 369 g/mol. The fourth-order valence-corrected chi connectivity index (χ4v) is 3.98. The number of amides is 1. The maximum Gasteiger partial charge on any atom is 0.251 e. The Labute approximate surface area is 164 Å². The third-order valence-corrected chi connectivity index (χ3v) is 5.75. The summed E-state index contributed by atoms with van der Waals surface area (Å²) in [7, 11) is 0. The number of aromatic nitrogens is 1. The zero-order chi connectivity index (χ0) is 18.9. The zero-order valence-electron chi connectivity index (χ0n) is 15.7. The number of benzene rings is 2. The largest absolute Gasteiger partial charge is 0.354 e. The fraction of sp³-hybridized carbons (Fsp3) is 0.250. The summed E-state index contributed by atoms with van der Waals surface area (Å²) in [6.07, 6.45) is 8.43. The van der Waals surface area contributed by atoms with Crippen LogP contribution in [0.25, 0.3) is 27.6 Å². The van der Waals surface area contributed by atoms with E-state index in [1.165, 1.54) is 12.0 Å². The number of hydrogen-bond acceptors (Lipinski definition) is 2. The molecule has 2 heterocycles. The minimum atomic E-state index is 0.0230. The molecule has 4 heteroatoms. The van der Waals surface area contributed by atoms with Crippen LogP contribution < -0.4 is 5.32 Å². The molecule has 140 valence electrons. The van der Waals surface area contributed by atoms with Gasteiger partial charge in [0, 0.05) is 40.7 Å². The van der Waals surface area contributed by atoms with Crippen molar-refractivity contribution >= 4 is 28.6 Å². The van der Waals surface area contributed by atoms with Gasteiger partial charge in [0.1, 0.15) is 0 Å². The van der Waals surface area contributed by atoms with Crippen molar-refractivity contribution in [1.82, 2.24) is 10.3 Å². The number of hydrogen-bond donors (Lipinski definition) is 2. The van der Waals surface area contributed by atoms with E-state index in [-0.39, 0.29) is 5.91 Å². The van der Waals surface area contributed by atoms with Gasteiger partial charge in [-0.1, -0.05) is 36.4 Å². The van der Waals surface area contributed by atoms with Crippen LogP contribution in [0.15, 0.2) is 59.6 Å². The Morgan fingerprint density at radius 3 is 2.68 bits per heavy atom. The first-order valence-electron chi connectivity index (χ1n) is 9.99. The van der Waals surface area contributed by atoms with Crippen LogP contribution >= 0.6 is 0 Å². The molecular formula is C24H23N3O. The van der Waals surface area contributed by atoms with Crippen molar-refractivity contribution in [2.75, 3.05) is 6.54 Å². The summed E-state index contributed by atoms with van der Waals surface area (Å²) in [4.78, 5) is 20.7. The van der Waals surface area contributed by atoms with E-state index in [2.05, 4.69) is 45.6 Å². The van der Waals surface area contributed by atoms with Crippen LogP contribution in [-0.4, -0.2) is 29.7 Å².